The van der Waals surface area contributed by atoms with E-state index in [9.17, 15) is 4.79 Å². The van der Waals surface area contributed by atoms with Crippen LogP contribution in [0.4, 0.5) is 0 Å². The molecule has 0 bridgehead atoms. The molecule has 1 aliphatic rings. The maximum absolute atomic E-state index is 10.9. The van der Waals surface area contributed by atoms with Crippen LogP contribution in [0.25, 0.3) is 6.08 Å². The summed E-state index contributed by atoms with van der Waals surface area (Å²) >= 11 is 1.18. The van der Waals surface area contributed by atoms with Gasteiger partial charge in [0.15, 0.2) is 0 Å². The van der Waals surface area contributed by atoms with E-state index in [0.29, 0.717) is 18.1 Å². The van der Waals surface area contributed by atoms with Crippen molar-refractivity contribution in [2.75, 3.05) is 13.7 Å². The number of amides is 1. The molecule has 0 spiro atoms. The highest BCUT2D eigenvalue weighted by Crippen LogP contribution is 2.32. The molecule has 1 heterocycles. The highest BCUT2D eigenvalue weighted by molar-refractivity contribution is 7.98. The molecule has 2 N–H and O–H groups in total. The van der Waals surface area contributed by atoms with Gasteiger partial charge in [-0.2, -0.15) is 4.28 Å². The minimum Gasteiger partial charge on any atom is -0.497 e. The largest absolute Gasteiger partial charge is 0.497 e. The topological polar surface area (TPSA) is 80.3 Å². The zero-order chi connectivity index (χ0) is 17.2. The molecule has 1 amide bonds. The van der Waals surface area contributed by atoms with Crippen molar-refractivity contribution in [3.05, 3.63) is 34.9 Å². The maximum atomic E-state index is 10.9. The monoisotopic (exact) mass is 354 g/mol. The molecular weight excluding hydrogens is 332 g/mol. The van der Waals surface area contributed by atoms with Gasteiger partial charge in [-0.05, 0) is 41.8 Å². The van der Waals surface area contributed by atoms with Crippen molar-refractivity contribution >= 4 is 24.0 Å². The summed E-state index contributed by atoms with van der Waals surface area (Å²) in [7, 11) is 1.63. The Balaban J connectivity index is 1.65. The van der Waals surface area contributed by atoms with E-state index >= 15 is 0 Å². The molecule has 0 atom stereocenters. The molecule has 1 aromatic carbocycles. The number of nitrogens with zero attached hydrogens (tertiary/aromatic N) is 1. The number of carbonyl (C=O) groups is 1. The third-order valence-corrected chi connectivity index (χ3v) is 3.99. The van der Waals surface area contributed by atoms with Crippen molar-refractivity contribution in [1.82, 2.24) is 10.7 Å². The van der Waals surface area contributed by atoms with Crippen LogP contribution < -0.4 is 10.2 Å². The maximum Gasteiger partial charge on any atom is 0.243 e. The molecule has 1 aromatic rings. The molecule has 132 valence electrons. The van der Waals surface area contributed by atoms with E-state index in [1.54, 1.807) is 12.6 Å². The highest BCUT2D eigenvalue weighted by Gasteiger charge is 2.20. The Bertz CT molecular complexity index is 567. The number of carbonyl (C=O) groups excluding carboxylic acids is 1. The van der Waals surface area contributed by atoms with Gasteiger partial charge in [0.2, 0.25) is 11.0 Å². The molecule has 0 aliphatic carbocycles. The van der Waals surface area contributed by atoms with E-state index in [1.807, 2.05) is 30.3 Å². The van der Waals surface area contributed by atoms with Crippen molar-refractivity contribution in [3.8, 4) is 5.75 Å². The molecule has 24 heavy (non-hydrogen) atoms. The normalized spacial score (nSPS) is 16.2. The van der Waals surface area contributed by atoms with Crippen molar-refractivity contribution in [2.24, 2.45) is 0 Å². The fourth-order valence-electron chi connectivity index (χ4n) is 2.15. The van der Waals surface area contributed by atoms with Gasteiger partial charge >= 0.3 is 0 Å². The van der Waals surface area contributed by atoms with Gasteiger partial charge in [-0.1, -0.05) is 25.0 Å². The lowest BCUT2D eigenvalue weighted by molar-refractivity contribution is -0.259. The standard InChI is InChI=1S/C16H22N2O5S/c1-21-14-8-6-7-13(11-14)12-16-22-18(23-24-16)10-5-3-2-4-9-15(19)17-20/h6-8,11-12,20H,2-5,9-10H2,1H3,(H,17,19)/b16-12-. The molecular formula is C16H22N2O5S. The number of methoxy groups -OCH3 is 1. The average molecular weight is 354 g/mol. The molecule has 1 fully saturated rings. The first-order valence-corrected chi connectivity index (χ1v) is 8.54. The van der Waals surface area contributed by atoms with Crippen LogP contribution in [0.15, 0.2) is 29.4 Å². The summed E-state index contributed by atoms with van der Waals surface area (Å²) in [6.45, 7) is 0.647. The number of unbranched alkanes of at least 4 members (excludes halogenated alkanes) is 3. The second kappa shape index (κ2) is 10.2. The minimum atomic E-state index is -0.343. The average Bonchev–Trinajstić information content (AvgIpc) is 3.05. The molecule has 7 nitrogen and oxygen atoms in total. The van der Waals surface area contributed by atoms with Crippen LogP contribution in [0.1, 0.15) is 37.7 Å². The molecule has 0 aromatic heterocycles. The first-order chi connectivity index (χ1) is 11.7. The molecule has 0 unspecified atom stereocenters. The lowest BCUT2D eigenvalue weighted by Crippen LogP contribution is -2.18. The van der Waals surface area contributed by atoms with Gasteiger partial charge in [0, 0.05) is 6.42 Å². The first kappa shape index (κ1) is 18.6. The fourth-order valence-corrected chi connectivity index (χ4v) is 2.71. The molecule has 2 rings (SSSR count). The summed E-state index contributed by atoms with van der Waals surface area (Å²) in [5, 5.41) is 10.5. The molecule has 0 saturated carbocycles. The lowest BCUT2D eigenvalue weighted by Gasteiger charge is -2.10. The SMILES string of the molecule is COc1cccc(/C=C2/ON(CCCCCCC(=O)NO)OS2)c1. The van der Waals surface area contributed by atoms with Crippen LogP contribution in [0.2, 0.25) is 0 Å². The smallest absolute Gasteiger partial charge is 0.243 e. The quantitative estimate of drug-likeness (QED) is 0.305. The summed E-state index contributed by atoms with van der Waals surface area (Å²) < 4.78 is 10.6. The predicted molar refractivity (Wildman–Crippen MR) is 90.5 cm³/mol. The second-order valence-corrected chi connectivity index (χ2v) is 5.96. The molecule has 0 radical (unpaired) electrons. The van der Waals surface area contributed by atoms with Gasteiger partial charge in [0.05, 0.1) is 25.7 Å². The van der Waals surface area contributed by atoms with Crippen LogP contribution >= 0.6 is 12.0 Å². The van der Waals surface area contributed by atoms with Gasteiger partial charge in [-0.15, -0.1) is 0 Å². The van der Waals surface area contributed by atoms with E-state index in [-0.39, 0.29) is 5.91 Å². The van der Waals surface area contributed by atoms with E-state index < -0.39 is 0 Å². The van der Waals surface area contributed by atoms with Crippen LogP contribution in [0.5, 0.6) is 5.75 Å². The fraction of sp³-hybridized carbons (Fsp3) is 0.438. The van der Waals surface area contributed by atoms with Gasteiger partial charge in [0.1, 0.15) is 5.75 Å². The zero-order valence-electron chi connectivity index (χ0n) is 13.6. The van der Waals surface area contributed by atoms with Crippen LogP contribution in [0, 0.1) is 0 Å². The van der Waals surface area contributed by atoms with Crippen LogP contribution in [0.3, 0.4) is 0 Å². The van der Waals surface area contributed by atoms with Gasteiger partial charge in [-0.3, -0.25) is 10.0 Å². The lowest BCUT2D eigenvalue weighted by atomic mass is 10.1. The molecule has 1 saturated heterocycles. The Morgan fingerprint density at radius 2 is 2.21 bits per heavy atom. The Hall–Kier alpha value is -1.74. The van der Waals surface area contributed by atoms with E-state index in [4.69, 9.17) is 19.1 Å². The predicted octanol–water partition coefficient (Wildman–Crippen LogP) is 3.28. The minimum absolute atomic E-state index is 0.343. The van der Waals surface area contributed by atoms with Crippen molar-refractivity contribution in [1.29, 1.82) is 0 Å². The Kier molecular flexibility index (Phi) is 7.90. The number of ether oxygens (including phenoxy) is 1. The van der Waals surface area contributed by atoms with Crippen molar-refractivity contribution in [3.63, 3.8) is 0 Å². The Morgan fingerprint density at radius 3 is 3.00 bits per heavy atom. The summed E-state index contributed by atoms with van der Waals surface area (Å²) in [6, 6.07) is 7.69. The number of rotatable bonds is 9. The zero-order valence-corrected chi connectivity index (χ0v) is 14.4. The van der Waals surface area contributed by atoms with Gasteiger partial charge in [-0.25, -0.2) is 5.48 Å². The Labute approximate surface area is 145 Å². The van der Waals surface area contributed by atoms with Crippen LogP contribution in [-0.4, -0.2) is 30.0 Å². The van der Waals surface area contributed by atoms with Crippen LogP contribution in [-0.2, 0) is 13.9 Å². The summed E-state index contributed by atoms with van der Waals surface area (Å²) in [6.07, 6.45) is 5.76. The summed E-state index contributed by atoms with van der Waals surface area (Å²) in [5.74, 6) is 0.449. The van der Waals surface area contributed by atoms with Crippen molar-refractivity contribution in [2.45, 2.75) is 32.1 Å². The second-order valence-electron chi connectivity index (χ2n) is 5.24. The summed E-state index contributed by atoms with van der Waals surface area (Å²) in [5.41, 5.74) is 2.60. The summed E-state index contributed by atoms with van der Waals surface area (Å²) in [4.78, 5) is 16.5. The number of hydroxylamine groups is 3. The van der Waals surface area contributed by atoms with E-state index in [2.05, 4.69) is 0 Å². The number of benzene rings is 1. The third kappa shape index (κ3) is 6.40. The van der Waals surface area contributed by atoms with E-state index in [0.717, 1.165) is 37.0 Å². The molecule has 1 aliphatic heterocycles. The van der Waals surface area contributed by atoms with E-state index in [1.165, 1.54) is 17.3 Å². The number of nitrogens with one attached hydrogen (secondary N) is 1. The Morgan fingerprint density at radius 1 is 1.38 bits per heavy atom. The third-order valence-electron chi connectivity index (χ3n) is 3.39. The van der Waals surface area contributed by atoms with Gasteiger partial charge < -0.3 is 9.57 Å². The molecule has 8 heteroatoms. The van der Waals surface area contributed by atoms with Gasteiger partial charge in [0.25, 0.3) is 0 Å². The van der Waals surface area contributed by atoms with Crippen molar-refractivity contribution < 1.29 is 23.9 Å². The highest BCUT2D eigenvalue weighted by atomic mass is 32.2. The number of hydrogen-bond donors (Lipinski definition) is 2. The number of hydrogen-bond acceptors (Lipinski definition) is 7. The first-order valence-electron chi connectivity index (χ1n) is 7.80.